The monoisotopic (exact) mass is 438 g/mol. The molecule has 0 amide bonds. The Balaban J connectivity index is 2.02. The summed E-state index contributed by atoms with van der Waals surface area (Å²) in [6.45, 7) is 10.4. The van der Waals surface area contributed by atoms with Gasteiger partial charge in [0, 0.05) is 16.4 Å². The molecular formula is C30H30O3. The van der Waals surface area contributed by atoms with Crippen LogP contribution in [-0.4, -0.2) is 17.3 Å². The molecule has 1 aliphatic carbocycles. The maximum Gasteiger partial charge on any atom is 0.124 e. The number of hydrogen-bond donors (Lipinski definition) is 2. The highest BCUT2D eigenvalue weighted by Gasteiger charge is 2.53. The molecule has 0 aromatic heterocycles. The molecule has 0 fully saturated rings. The van der Waals surface area contributed by atoms with Gasteiger partial charge in [0.05, 0.1) is 7.11 Å². The number of fused-ring (bicyclic) bond motifs is 5. The molecule has 0 radical (unpaired) electrons. The molecule has 0 saturated heterocycles. The summed E-state index contributed by atoms with van der Waals surface area (Å²) >= 11 is 0. The van der Waals surface area contributed by atoms with Crippen molar-refractivity contribution in [3.63, 3.8) is 0 Å². The fraction of sp³-hybridized carbons (Fsp3) is 0.267. The largest absolute Gasteiger partial charge is 0.507 e. The summed E-state index contributed by atoms with van der Waals surface area (Å²) in [5.74, 6) is 0.868. The fourth-order valence-electron chi connectivity index (χ4n) is 5.60. The number of phenolic OH excluding ortho intramolecular Hbond substituents is 1. The van der Waals surface area contributed by atoms with Crippen LogP contribution in [0, 0.1) is 20.8 Å². The van der Waals surface area contributed by atoms with Crippen LogP contribution < -0.4 is 4.74 Å². The molecule has 0 saturated carbocycles. The van der Waals surface area contributed by atoms with Gasteiger partial charge in [0.25, 0.3) is 0 Å². The first-order valence-corrected chi connectivity index (χ1v) is 11.4. The zero-order valence-corrected chi connectivity index (χ0v) is 20.1. The van der Waals surface area contributed by atoms with Crippen molar-refractivity contribution < 1.29 is 14.9 Å². The third kappa shape index (κ3) is 2.79. The molecule has 0 heterocycles. The van der Waals surface area contributed by atoms with Crippen LogP contribution in [-0.2, 0) is 11.0 Å². The number of aliphatic hydroxyl groups is 1. The van der Waals surface area contributed by atoms with E-state index in [9.17, 15) is 10.2 Å². The van der Waals surface area contributed by atoms with Crippen molar-refractivity contribution in [1.29, 1.82) is 0 Å². The zero-order valence-electron chi connectivity index (χ0n) is 20.1. The van der Waals surface area contributed by atoms with Crippen LogP contribution in [0.1, 0.15) is 47.2 Å². The maximum absolute atomic E-state index is 12.6. The Morgan fingerprint density at radius 2 is 1.42 bits per heavy atom. The van der Waals surface area contributed by atoms with Crippen molar-refractivity contribution in [2.75, 3.05) is 7.11 Å². The highest BCUT2D eigenvalue weighted by atomic mass is 16.5. The standard InChI is InChI=1S/C30H30O3/c1-17-12-23-24(14-18(17)2)29(4,5)30(32,20-10-8-7-9-11-20)25-16-26(31)21-15-27(33-6)19(3)13-22(21)28(23)25/h7-16,31-32H,1-6H3. The number of aromatic hydroxyl groups is 1. The molecule has 4 aromatic carbocycles. The summed E-state index contributed by atoms with van der Waals surface area (Å²) in [4.78, 5) is 0. The summed E-state index contributed by atoms with van der Waals surface area (Å²) in [5.41, 5.74) is 6.11. The lowest BCUT2D eigenvalue weighted by Gasteiger charge is -2.49. The molecule has 0 aliphatic heterocycles. The summed E-state index contributed by atoms with van der Waals surface area (Å²) < 4.78 is 5.54. The number of rotatable bonds is 2. The first-order valence-electron chi connectivity index (χ1n) is 11.4. The topological polar surface area (TPSA) is 49.7 Å². The molecule has 3 nitrogen and oxygen atoms in total. The van der Waals surface area contributed by atoms with Gasteiger partial charge in [0.15, 0.2) is 0 Å². The molecule has 0 bridgehead atoms. The van der Waals surface area contributed by atoms with Gasteiger partial charge in [-0.15, -0.1) is 0 Å². The molecule has 5 rings (SSSR count). The van der Waals surface area contributed by atoms with Crippen LogP contribution in [0.3, 0.4) is 0 Å². The molecule has 33 heavy (non-hydrogen) atoms. The van der Waals surface area contributed by atoms with E-state index in [2.05, 4.69) is 45.9 Å². The number of hydrogen-bond acceptors (Lipinski definition) is 3. The van der Waals surface area contributed by atoms with E-state index >= 15 is 0 Å². The van der Waals surface area contributed by atoms with E-state index in [1.54, 1.807) is 13.2 Å². The Kier molecular flexibility index (Phi) is 4.63. The Bertz CT molecular complexity index is 1420. The first kappa shape index (κ1) is 21.5. The molecular weight excluding hydrogens is 408 g/mol. The molecule has 4 aromatic rings. The average Bonchev–Trinajstić information content (AvgIpc) is 2.79. The van der Waals surface area contributed by atoms with Gasteiger partial charge < -0.3 is 14.9 Å². The number of benzene rings is 4. The summed E-state index contributed by atoms with van der Waals surface area (Å²) in [7, 11) is 1.64. The molecule has 2 N–H and O–H groups in total. The minimum atomic E-state index is -1.34. The quantitative estimate of drug-likeness (QED) is 0.367. The third-order valence-corrected chi connectivity index (χ3v) is 7.69. The van der Waals surface area contributed by atoms with E-state index in [-0.39, 0.29) is 5.75 Å². The van der Waals surface area contributed by atoms with E-state index in [4.69, 9.17) is 4.74 Å². The fourth-order valence-corrected chi connectivity index (χ4v) is 5.60. The molecule has 1 unspecified atom stereocenters. The lowest BCUT2D eigenvalue weighted by molar-refractivity contribution is 0.00672. The van der Waals surface area contributed by atoms with E-state index in [0.717, 1.165) is 49.9 Å². The Morgan fingerprint density at radius 1 is 0.758 bits per heavy atom. The Hall–Kier alpha value is -3.30. The summed E-state index contributed by atoms with van der Waals surface area (Å²) in [6.07, 6.45) is 0. The highest BCUT2D eigenvalue weighted by Crippen LogP contribution is 2.58. The van der Waals surface area contributed by atoms with Crippen molar-refractivity contribution in [2.45, 2.75) is 45.6 Å². The van der Waals surface area contributed by atoms with Gasteiger partial charge >= 0.3 is 0 Å². The number of aryl methyl sites for hydroxylation is 3. The predicted molar refractivity (Wildman–Crippen MR) is 134 cm³/mol. The van der Waals surface area contributed by atoms with Crippen molar-refractivity contribution >= 4 is 10.8 Å². The van der Waals surface area contributed by atoms with Gasteiger partial charge in [0.2, 0.25) is 0 Å². The van der Waals surface area contributed by atoms with Crippen LogP contribution in [0.25, 0.3) is 21.9 Å². The van der Waals surface area contributed by atoms with Crippen molar-refractivity contribution in [1.82, 2.24) is 0 Å². The van der Waals surface area contributed by atoms with Gasteiger partial charge in [0.1, 0.15) is 17.1 Å². The van der Waals surface area contributed by atoms with Crippen LogP contribution >= 0.6 is 0 Å². The second-order valence-corrected chi connectivity index (χ2v) is 9.87. The Labute approximate surface area is 195 Å². The van der Waals surface area contributed by atoms with Gasteiger partial charge in [-0.2, -0.15) is 0 Å². The summed E-state index contributed by atoms with van der Waals surface area (Å²) in [6, 6.07) is 20.0. The third-order valence-electron chi connectivity index (χ3n) is 7.69. The minimum Gasteiger partial charge on any atom is -0.507 e. The maximum atomic E-state index is 12.6. The minimum absolute atomic E-state index is 0.138. The first-order chi connectivity index (χ1) is 15.6. The van der Waals surface area contributed by atoms with E-state index in [1.807, 2.05) is 43.3 Å². The molecule has 1 atom stereocenters. The van der Waals surface area contributed by atoms with Crippen molar-refractivity contribution in [3.8, 4) is 22.6 Å². The van der Waals surface area contributed by atoms with Crippen LogP contribution in [0.2, 0.25) is 0 Å². The van der Waals surface area contributed by atoms with Gasteiger partial charge in [-0.25, -0.2) is 0 Å². The number of methoxy groups -OCH3 is 1. The smallest absolute Gasteiger partial charge is 0.124 e. The number of ether oxygens (including phenoxy) is 1. The van der Waals surface area contributed by atoms with Gasteiger partial charge in [-0.05, 0) is 83.3 Å². The van der Waals surface area contributed by atoms with Crippen molar-refractivity contribution in [3.05, 3.63) is 94.0 Å². The molecule has 168 valence electrons. The number of phenols is 1. The Morgan fingerprint density at radius 3 is 2.09 bits per heavy atom. The summed E-state index contributed by atoms with van der Waals surface area (Å²) in [5, 5.41) is 25.4. The van der Waals surface area contributed by atoms with Crippen LogP contribution in [0.5, 0.6) is 11.5 Å². The molecule has 3 heteroatoms. The van der Waals surface area contributed by atoms with E-state index in [1.165, 1.54) is 11.1 Å². The lowest BCUT2D eigenvalue weighted by Crippen LogP contribution is -2.49. The predicted octanol–water partition coefficient (Wildman–Crippen LogP) is 6.67. The zero-order chi connectivity index (χ0) is 23.7. The van der Waals surface area contributed by atoms with Crippen molar-refractivity contribution in [2.24, 2.45) is 0 Å². The SMILES string of the molecule is COc1cc2c(O)cc3c(c2cc1C)-c1cc(C)c(C)cc1C(C)(C)C3(O)c1ccccc1. The molecule has 1 aliphatic rings. The van der Waals surface area contributed by atoms with E-state index in [0.29, 0.717) is 0 Å². The van der Waals surface area contributed by atoms with Crippen LogP contribution in [0.15, 0.2) is 60.7 Å². The molecule has 0 spiro atoms. The normalized spacial score (nSPS) is 18.6. The van der Waals surface area contributed by atoms with E-state index < -0.39 is 11.0 Å². The second kappa shape index (κ2) is 7.10. The van der Waals surface area contributed by atoms with Crippen LogP contribution in [0.4, 0.5) is 0 Å². The van der Waals surface area contributed by atoms with Gasteiger partial charge in [-0.1, -0.05) is 56.3 Å². The lowest BCUT2D eigenvalue weighted by atomic mass is 9.57. The van der Waals surface area contributed by atoms with Gasteiger partial charge in [-0.3, -0.25) is 0 Å². The second-order valence-electron chi connectivity index (χ2n) is 9.87. The average molecular weight is 439 g/mol. The highest BCUT2D eigenvalue weighted by molar-refractivity contribution is 6.05.